The van der Waals surface area contributed by atoms with E-state index in [1.165, 1.54) is 5.56 Å². The van der Waals surface area contributed by atoms with E-state index >= 15 is 0 Å². The number of nitrogens with one attached hydrogen (secondary N) is 1. The smallest absolute Gasteiger partial charge is 0.0294 e. The first-order valence-electron chi connectivity index (χ1n) is 4.80. The molecule has 0 amide bonds. The van der Waals surface area contributed by atoms with Gasteiger partial charge in [-0.25, -0.2) is 0 Å². The van der Waals surface area contributed by atoms with Gasteiger partial charge in [0, 0.05) is 17.6 Å². The summed E-state index contributed by atoms with van der Waals surface area (Å²) in [7, 11) is 0. The Bertz CT molecular complexity index is 288. The average Bonchev–Trinajstić information content (AvgIpc) is 2.18. The lowest BCUT2D eigenvalue weighted by atomic mass is 10.1. The van der Waals surface area contributed by atoms with Gasteiger partial charge >= 0.3 is 0 Å². The molecule has 76 valence electrons. The Kier molecular flexibility index (Phi) is 4.71. The third kappa shape index (κ3) is 3.95. The number of halogens is 1. The molecule has 0 radical (unpaired) electrons. The molecule has 0 bridgehead atoms. The highest BCUT2D eigenvalue weighted by Crippen LogP contribution is 2.10. The zero-order chi connectivity index (χ0) is 10.4. The Morgan fingerprint density at radius 1 is 1.43 bits per heavy atom. The molecule has 0 spiro atoms. The van der Waals surface area contributed by atoms with Crippen LogP contribution in [0.25, 0.3) is 0 Å². The van der Waals surface area contributed by atoms with Gasteiger partial charge in [-0.2, -0.15) is 0 Å². The summed E-state index contributed by atoms with van der Waals surface area (Å²) in [5.41, 5.74) is 1.30. The van der Waals surface area contributed by atoms with Gasteiger partial charge in [-0.1, -0.05) is 48.0 Å². The first kappa shape index (κ1) is 11.3. The Balaban J connectivity index is 2.43. The molecule has 0 aromatic heterocycles. The van der Waals surface area contributed by atoms with Crippen LogP contribution in [-0.4, -0.2) is 6.54 Å². The van der Waals surface area contributed by atoms with Gasteiger partial charge < -0.3 is 5.32 Å². The summed E-state index contributed by atoms with van der Waals surface area (Å²) in [6.07, 6.45) is 1.97. The Hall–Kier alpha value is -0.790. The van der Waals surface area contributed by atoms with Gasteiger partial charge in [0.2, 0.25) is 0 Å². The minimum atomic E-state index is 0.364. The third-order valence-corrected chi connectivity index (χ3v) is 2.26. The van der Waals surface area contributed by atoms with E-state index in [-0.39, 0.29) is 0 Å². The molecule has 1 nitrogen and oxygen atoms in total. The highest BCUT2D eigenvalue weighted by molar-refractivity contribution is 6.29. The Morgan fingerprint density at radius 3 is 2.64 bits per heavy atom. The van der Waals surface area contributed by atoms with Gasteiger partial charge in [-0.05, 0) is 19.4 Å². The van der Waals surface area contributed by atoms with E-state index in [1.54, 1.807) is 0 Å². The molecule has 1 N–H and O–H groups in total. The fraction of sp³-hybridized carbons (Fsp3) is 0.333. The van der Waals surface area contributed by atoms with E-state index in [1.807, 2.05) is 19.1 Å². The van der Waals surface area contributed by atoms with Crippen molar-refractivity contribution in [2.45, 2.75) is 19.9 Å². The van der Waals surface area contributed by atoms with E-state index in [0.717, 1.165) is 11.6 Å². The second-order valence-electron chi connectivity index (χ2n) is 3.33. The first-order chi connectivity index (χ1) is 6.70. The Morgan fingerprint density at radius 2 is 2.07 bits per heavy atom. The largest absolute Gasteiger partial charge is 0.307 e. The molecule has 1 atom stereocenters. The molecule has 0 aliphatic heterocycles. The number of allylic oxidation sites excluding steroid dienone is 1. The maximum absolute atomic E-state index is 5.73. The van der Waals surface area contributed by atoms with Gasteiger partial charge in [0.25, 0.3) is 0 Å². The van der Waals surface area contributed by atoms with Crippen LogP contribution in [0, 0.1) is 0 Å². The number of hydrogen-bond donors (Lipinski definition) is 1. The van der Waals surface area contributed by atoms with Crippen molar-refractivity contribution in [3.8, 4) is 0 Å². The van der Waals surface area contributed by atoms with Crippen LogP contribution in [0.1, 0.15) is 25.5 Å². The van der Waals surface area contributed by atoms with Crippen LogP contribution >= 0.6 is 11.6 Å². The molecule has 2 heteroatoms. The second kappa shape index (κ2) is 5.84. The van der Waals surface area contributed by atoms with Crippen molar-refractivity contribution in [1.82, 2.24) is 5.32 Å². The number of rotatable bonds is 4. The fourth-order valence-corrected chi connectivity index (χ4v) is 1.31. The van der Waals surface area contributed by atoms with Crippen LogP contribution in [0.3, 0.4) is 0 Å². The molecule has 0 saturated heterocycles. The topological polar surface area (TPSA) is 12.0 Å². The molecule has 0 fully saturated rings. The van der Waals surface area contributed by atoms with Gasteiger partial charge in [0.05, 0.1) is 0 Å². The van der Waals surface area contributed by atoms with Crippen LogP contribution < -0.4 is 5.32 Å². The molecule has 14 heavy (non-hydrogen) atoms. The van der Waals surface area contributed by atoms with Crippen molar-refractivity contribution >= 4 is 11.6 Å². The van der Waals surface area contributed by atoms with E-state index in [0.29, 0.717) is 6.04 Å². The molecule has 0 saturated carbocycles. The maximum atomic E-state index is 5.73. The SMILES string of the molecule is C/C(Cl)=C\CN[C@H](C)c1ccccc1. The molecule has 1 rings (SSSR count). The van der Waals surface area contributed by atoms with Gasteiger partial charge in [0.15, 0.2) is 0 Å². The summed E-state index contributed by atoms with van der Waals surface area (Å²) in [5, 5.41) is 4.20. The van der Waals surface area contributed by atoms with Crippen LogP contribution in [0.2, 0.25) is 0 Å². The maximum Gasteiger partial charge on any atom is 0.0294 e. The lowest BCUT2D eigenvalue weighted by molar-refractivity contribution is 0.617. The van der Waals surface area contributed by atoms with E-state index < -0.39 is 0 Å². The molecule has 0 aliphatic rings. The average molecular weight is 210 g/mol. The summed E-state index contributed by atoms with van der Waals surface area (Å²) in [4.78, 5) is 0. The van der Waals surface area contributed by atoms with Crippen LogP contribution in [-0.2, 0) is 0 Å². The summed E-state index contributed by atoms with van der Waals surface area (Å²) >= 11 is 5.73. The highest BCUT2D eigenvalue weighted by Gasteiger charge is 2.01. The van der Waals surface area contributed by atoms with Crippen molar-refractivity contribution in [3.63, 3.8) is 0 Å². The molecular formula is C12H16ClN. The molecule has 0 unspecified atom stereocenters. The highest BCUT2D eigenvalue weighted by atomic mass is 35.5. The van der Waals surface area contributed by atoms with Crippen molar-refractivity contribution in [3.05, 3.63) is 47.0 Å². The molecule has 0 aliphatic carbocycles. The van der Waals surface area contributed by atoms with E-state index in [2.05, 4.69) is 36.5 Å². The standard InChI is InChI=1S/C12H16ClN/c1-10(13)8-9-14-11(2)12-6-4-3-5-7-12/h3-8,11,14H,9H2,1-2H3/b10-8+/t11-/m1/s1. The molecule has 1 aromatic rings. The summed E-state index contributed by atoms with van der Waals surface area (Å²) in [5.74, 6) is 0. The minimum Gasteiger partial charge on any atom is -0.307 e. The Labute approximate surface area is 90.8 Å². The number of hydrogen-bond acceptors (Lipinski definition) is 1. The minimum absolute atomic E-state index is 0.364. The normalized spacial score (nSPS) is 14.1. The summed E-state index contributed by atoms with van der Waals surface area (Å²) < 4.78 is 0. The van der Waals surface area contributed by atoms with Crippen molar-refractivity contribution in [2.75, 3.05) is 6.54 Å². The summed E-state index contributed by atoms with van der Waals surface area (Å²) in [6, 6.07) is 10.7. The quantitative estimate of drug-likeness (QED) is 0.801. The lowest BCUT2D eigenvalue weighted by Crippen LogP contribution is -2.18. The lowest BCUT2D eigenvalue weighted by Gasteiger charge is -2.12. The molecule has 0 heterocycles. The number of benzene rings is 1. The summed E-state index contributed by atoms with van der Waals surface area (Å²) in [6.45, 7) is 4.84. The van der Waals surface area contributed by atoms with Crippen molar-refractivity contribution in [2.24, 2.45) is 0 Å². The van der Waals surface area contributed by atoms with Gasteiger partial charge in [-0.3, -0.25) is 0 Å². The van der Waals surface area contributed by atoms with Gasteiger partial charge in [-0.15, -0.1) is 0 Å². The molecule has 1 aromatic carbocycles. The predicted octanol–water partition coefficient (Wildman–Crippen LogP) is 3.48. The van der Waals surface area contributed by atoms with Crippen LogP contribution in [0.4, 0.5) is 0 Å². The third-order valence-electron chi connectivity index (χ3n) is 2.11. The zero-order valence-electron chi connectivity index (χ0n) is 8.63. The van der Waals surface area contributed by atoms with Gasteiger partial charge in [0.1, 0.15) is 0 Å². The second-order valence-corrected chi connectivity index (χ2v) is 3.93. The molecular weight excluding hydrogens is 194 g/mol. The van der Waals surface area contributed by atoms with Crippen molar-refractivity contribution < 1.29 is 0 Å². The van der Waals surface area contributed by atoms with E-state index in [9.17, 15) is 0 Å². The predicted molar refractivity (Wildman–Crippen MR) is 62.5 cm³/mol. The van der Waals surface area contributed by atoms with Crippen LogP contribution in [0.15, 0.2) is 41.4 Å². The van der Waals surface area contributed by atoms with E-state index in [4.69, 9.17) is 11.6 Å². The first-order valence-corrected chi connectivity index (χ1v) is 5.18. The van der Waals surface area contributed by atoms with Crippen LogP contribution in [0.5, 0.6) is 0 Å². The monoisotopic (exact) mass is 209 g/mol. The fourth-order valence-electron chi connectivity index (χ4n) is 1.24. The van der Waals surface area contributed by atoms with Crippen molar-refractivity contribution in [1.29, 1.82) is 0 Å². The zero-order valence-corrected chi connectivity index (χ0v) is 9.38.